The molecule has 0 spiro atoms. The van der Waals surface area contributed by atoms with E-state index in [-0.39, 0.29) is 11.6 Å². The number of aromatic nitrogens is 2. The minimum absolute atomic E-state index is 0.0491. The van der Waals surface area contributed by atoms with Crippen molar-refractivity contribution in [3.63, 3.8) is 0 Å². The summed E-state index contributed by atoms with van der Waals surface area (Å²) in [5, 5.41) is 6.33. The highest BCUT2D eigenvalue weighted by molar-refractivity contribution is 5.84. The Hall–Kier alpha value is -2.44. The Balaban J connectivity index is 1.99. The predicted molar refractivity (Wildman–Crippen MR) is 77.3 cm³/mol. The number of halogens is 2. The van der Waals surface area contributed by atoms with Crippen LogP contribution in [0.1, 0.15) is 13.8 Å². The van der Waals surface area contributed by atoms with Gasteiger partial charge in [-0.1, -0.05) is 13.8 Å². The van der Waals surface area contributed by atoms with Gasteiger partial charge in [-0.15, -0.1) is 0 Å². The first-order valence-corrected chi connectivity index (χ1v) is 6.86. The number of ether oxygens (including phenoxy) is 1. The van der Waals surface area contributed by atoms with Gasteiger partial charge in [0.05, 0.1) is 12.2 Å². The lowest BCUT2D eigenvalue weighted by Gasteiger charge is -2.21. The predicted octanol–water partition coefficient (Wildman–Crippen LogP) is 3.43. The molecule has 0 saturated carbocycles. The monoisotopic (exact) mass is 309 g/mol. The number of amides is 1. The second-order valence-electron chi connectivity index (χ2n) is 5.17. The minimum atomic E-state index is -0.856. The molecular formula is C15H17F2N3O2. The molecule has 0 radical (unpaired) electrons. The Morgan fingerprint density at radius 2 is 2.18 bits per heavy atom. The Bertz CT molecular complexity index is 630. The number of hydrogen-bond acceptors (Lipinski definition) is 3. The maximum atomic E-state index is 13.5. The fourth-order valence-electron chi connectivity index (χ4n) is 1.84. The summed E-state index contributed by atoms with van der Waals surface area (Å²) >= 11 is 0. The Labute approximate surface area is 126 Å². The Morgan fingerprint density at radius 1 is 1.41 bits per heavy atom. The van der Waals surface area contributed by atoms with Crippen LogP contribution in [0.3, 0.4) is 0 Å². The number of carbonyl (C=O) groups is 1. The zero-order chi connectivity index (χ0) is 16.1. The highest BCUT2D eigenvalue weighted by Gasteiger charge is 2.20. The summed E-state index contributed by atoms with van der Waals surface area (Å²) in [4.78, 5) is 11.9. The Kier molecular flexibility index (Phi) is 5.08. The molecule has 0 bridgehead atoms. The number of carbonyl (C=O) groups excluding carboxylic acids is 1. The SMILES string of the molecule is CC(C)[C@H](Cn1cccn1)OC(=O)Nc1ccc(F)cc1F. The van der Waals surface area contributed by atoms with Crippen molar-refractivity contribution < 1.29 is 18.3 Å². The second-order valence-corrected chi connectivity index (χ2v) is 5.17. The van der Waals surface area contributed by atoms with Gasteiger partial charge in [-0.3, -0.25) is 10.00 Å². The molecule has 1 atom stereocenters. The van der Waals surface area contributed by atoms with Crippen molar-refractivity contribution >= 4 is 11.8 Å². The van der Waals surface area contributed by atoms with E-state index in [1.165, 1.54) is 0 Å². The molecule has 5 nitrogen and oxygen atoms in total. The van der Waals surface area contributed by atoms with Gasteiger partial charge in [0.25, 0.3) is 0 Å². The van der Waals surface area contributed by atoms with Crippen LogP contribution in [0.25, 0.3) is 0 Å². The fourth-order valence-corrected chi connectivity index (χ4v) is 1.84. The molecular weight excluding hydrogens is 292 g/mol. The van der Waals surface area contributed by atoms with Crippen LogP contribution < -0.4 is 5.32 Å². The van der Waals surface area contributed by atoms with Gasteiger partial charge in [0.2, 0.25) is 0 Å². The molecule has 1 amide bonds. The Morgan fingerprint density at radius 3 is 2.77 bits per heavy atom. The minimum Gasteiger partial charge on any atom is -0.444 e. The number of nitrogens with zero attached hydrogens (tertiary/aromatic N) is 2. The number of benzene rings is 1. The van der Waals surface area contributed by atoms with E-state index in [0.717, 1.165) is 12.1 Å². The average Bonchev–Trinajstić information content (AvgIpc) is 2.94. The number of rotatable bonds is 5. The zero-order valence-corrected chi connectivity index (χ0v) is 12.3. The maximum absolute atomic E-state index is 13.5. The lowest BCUT2D eigenvalue weighted by atomic mass is 10.1. The van der Waals surface area contributed by atoms with Crippen molar-refractivity contribution in [3.05, 3.63) is 48.3 Å². The standard InChI is InChI=1S/C15H17F2N3O2/c1-10(2)14(9-20-7-3-6-18-20)22-15(21)19-13-5-4-11(16)8-12(13)17/h3-8,10,14H,9H2,1-2H3,(H,19,21)/t14-/m0/s1. The molecule has 22 heavy (non-hydrogen) atoms. The van der Waals surface area contributed by atoms with E-state index in [4.69, 9.17) is 4.74 Å². The van der Waals surface area contributed by atoms with E-state index in [2.05, 4.69) is 10.4 Å². The lowest BCUT2D eigenvalue weighted by molar-refractivity contribution is 0.0680. The van der Waals surface area contributed by atoms with Crippen molar-refractivity contribution in [2.24, 2.45) is 5.92 Å². The molecule has 0 unspecified atom stereocenters. The zero-order valence-electron chi connectivity index (χ0n) is 12.3. The molecule has 0 aliphatic rings. The van der Waals surface area contributed by atoms with Crippen molar-refractivity contribution in [2.75, 3.05) is 5.32 Å². The highest BCUT2D eigenvalue weighted by Crippen LogP contribution is 2.16. The molecule has 0 aliphatic heterocycles. The van der Waals surface area contributed by atoms with Gasteiger partial charge in [-0.2, -0.15) is 5.10 Å². The summed E-state index contributed by atoms with van der Waals surface area (Å²) in [6.45, 7) is 4.20. The number of anilines is 1. The lowest BCUT2D eigenvalue weighted by Crippen LogP contribution is -2.31. The smallest absolute Gasteiger partial charge is 0.412 e. The summed E-state index contributed by atoms with van der Waals surface area (Å²) in [5.41, 5.74) is -0.131. The first kappa shape index (κ1) is 15.9. The van der Waals surface area contributed by atoms with E-state index in [0.29, 0.717) is 12.6 Å². The highest BCUT2D eigenvalue weighted by atomic mass is 19.1. The molecule has 118 valence electrons. The van der Waals surface area contributed by atoms with Gasteiger partial charge in [-0.25, -0.2) is 13.6 Å². The third-order valence-corrected chi connectivity index (χ3v) is 3.10. The summed E-state index contributed by atoms with van der Waals surface area (Å²) < 4.78 is 33.3. The summed E-state index contributed by atoms with van der Waals surface area (Å²) in [5.74, 6) is -1.52. The first-order chi connectivity index (χ1) is 10.5. The van der Waals surface area contributed by atoms with Crippen LogP contribution in [0.5, 0.6) is 0 Å². The molecule has 7 heteroatoms. The van der Waals surface area contributed by atoms with E-state index in [1.54, 1.807) is 23.1 Å². The van der Waals surface area contributed by atoms with Crippen LogP contribution in [-0.2, 0) is 11.3 Å². The quantitative estimate of drug-likeness (QED) is 0.920. The normalized spacial score (nSPS) is 12.2. The summed E-state index contributed by atoms with van der Waals surface area (Å²) in [6, 6.07) is 4.66. The van der Waals surface area contributed by atoms with Crippen molar-refractivity contribution in [3.8, 4) is 0 Å². The third-order valence-electron chi connectivity index (χ3n) is 3.10. The molecule has 0 fully saturated rings. The summed E-state index contributed by atoms with van der Waals surface area (Å²) in [6.07, 6.45) is 2.17. The van der Waals surface area contributed by atoms with Crippen LogP contribution in [0.4, 0.5) is 19.3 Å². The van der Waals surface area contributed by atoms with Crippen LogP contribution in [0.15, 0.2) is 36.7 Å². The second kappa shape index (κ2) is 7.02. The van der Waals surface area contributed by atoms with Gasteiger partial charge in [0.1, 0.15) is 17.7 Å². The van der Waals surface area contributed by atoms with Crippen molar-refractivity contribution in [2.45, 2.75) is 26.5 Å². The summed E-state index contributed by atoms with van der Waals surface area (Å²) in [7, 11) is 0. The van der Waals surface area contributed by atoms with Gasteiger partial charge in [0.15, 0.2) is 0 Å². The topological polar surface area (TPSA) is 56.2 Å². The molecule has 2 rings (SSSR count). The molecule has 2 aromatic rings. The molecule has 0 saturated heterocycles. The first-order valence-electron chi connectivity index (χ1n) is 6.86. The average molecular weight is 309 g/mol. The van der Waals surface area contributed by atoms with E-state index in [9.17, 15) is 13.6 Å². The van der Waals surface area contributed by atoms with E-state index < -0.39 is 23.8 Å². The van der Waals surface area contributed by atoms with Crippen molar-refractivity contribution in [1.29, 1.82) is 0 Å². The largest absolute Gasteiger partial charge is 0.444 e. The van der Waals surface area contributed by atoms with Gasteiger partial charge < -0.3 is 4.74 Å². The van der Waals surface area contributed by atoms with E-state index in [1.807, 2.05) is 13.8 Å². The number of hydrogen-bond donors (Lipinski definition) is 1. The molecule has 1 aromatic heterocycles. The third kappa shape index (κ3) is 4.28. The van der Waals surface area contributed by atoms with Crippen molar-refractivity contribution in [1.82, 2.24) is 9.78 Å². The van der Waals surface area contributed by atoms with Crippen LogP contribution in [-0.4, -0.2) is 22.0 Å². The van der Waals surface area contributed by atoms with Crippen LogP contribution >= 0.6 is 0 Å². The van der Waals surface area contributed by atoms with E-state index >= 15 is 0 Å². The van der Waals surface area contributed by atoms with Gasteiger partial charge in [0, 0.05) is 18.5 Å². The van der Waals surface area contributed by atoms with Gasteiger partial charge >= 0.3 is 6.09 Å². The molecule has 0 aliphatic carbocycles. The van der Waals surface area contributed by atoms with Gasteiger partial charge in [-0.05, 0) is 24.1 Å². The molecule has 1 heterocycles. The fraction of sp³-hybridized carbons (Fsp3) is 0.333. The van der Waals surface area contributed by atoms with Crippen LogP contribution in [0.2, 0.25) is 0 Å². The maximum Gasteiger partial charge on any atom is 0.412 e. The van der Waals surface area contributed by atoms with Crippen LogP contribution in [0, 0.1) is 17.6 Å². The number of nitrogens with one attached hydrogen (secondary N) is 1. The molecule has 1 N–H and O–H groups in total. The molecule has 1 aromatic carbocycles.